The number of rotatable bonds is 6. The Hall–Kier alpha value is -2.35. The van der Waals surface area contributed by atoms with Crippen molar-refractivity contribution in [1.29, 1.82) is 5.26 Å². The van der Waals surface area contributed by atoms with Gasteiger partial charge in [-0.3, -0.25) is 9.59 Å². The second-order valence-corrected chi connectivity index (χ2v) is 4.76. The summed E-state index contributed by atoms with van der Waals surface area (Å²) in [5.74, 6) is -1.24. The van der Waals surface area contributed by atoms with Crippen LogP contribution in [0.5, 0.6) is 0 Å². The van der Waals surface area contributed by atoms with Crippen LogP contribution in [0.15, 0.2) is 24.3 Å². The number of benzene rings is 1. The highest BCUT2D eigenvalue weighted by Gasteiger charge is 2.21. The average Bonchev–Trinajstić information content (AvgIpc) is 2.51. The molecule has 0 saturated carbocycles. The van der Waals surface area contributed by atoms with Gasteiger partial charge in [-0.25, -0.2) is 0 Å². The summed E-state index contributed by atoms with van der Waals surface area (Å²) in [4.78, 5) is 25.8. The predicted molar refractivity (Wildman–Crippen MR) is 81.6 cm³/mol. The second-order valence-electron chi connectivity index (χ2n) is 4.76. The maximum absolute atomic E-state index is 12.2. The molecule has 0 spiro atoms. The van der Waals surface area contributed by atoms with Gasteiger partial charge in [-0.05, 0) is 25.0 Å². The van der Waals surface area contributed by atoms with E-state index in [9.17, 15) is 9.59 Å². The molecule has 0 bridgehead atoms. The van der Waals surface area contributed by atoms with E-state index < -0.39 is 11.8 Å². The first kappa shape index (κ1) is 16.7. The number of unbranched alkanes of at least 4 members (excludes halogenated alkanes) is 1. The zero-order chi connectivity index (χ0) is 15.7. The molecular formula is C16H21N3O2. The van der Waals surface area contributed by atoms with Crippen LogP contribution in [-0.2, 0) is 9.59 Å². The molecule has 0 aliphatic heterocycles. The average molecular weight is 287 g/mol. The highest BCUT2D eigenvalue weighted by Crippen LogP contribution is 2.13. The Balaban J connectivity index is 2.76. The lowest BCUT2D eigenvalue weighted by molar-refractivity contribution is -0.143. The van der Waals surface area contributed by atoms with E-state index in [0.29, 0.717) is 24.3 Å². The number of anilines is 1. The van der Waals surface area contributed by atoms with E-state index in [-0.39, 0.29) is 0 Å². The van der Waals surface area contributed by atoms with Gasteiger partial charge in [-0.2, -0.15) is 5.26 Å². The van der Waals surface area contributed by atoms with Crippen molar-refractivity contribution in [3.63, 3.8) is 0 Å². The van der Waals surface area contributed by atoms with Gasteiger partial charge in [0.15, 0.2) is 0 Å². The van der Waals surface area contributed by atoms with Crippen LogP contribution in [0.2, 0.25) is 0 Å². The molecule has 1 N–H and O–H groups in total. The molecule has 1 aromatic carbocycles. The Bertz CT molecular complexity index is 535. The van der Waals surface area contributed by atoms with E-state index in [1.54, 1.807) is 29.2 Å². The molecule has 0 aliphatic rings. The number of carbonyl (C=O) groups is 2. The van der Waals surface area contributed by atoms with Crippen molar-refractivity contribution in [1.82, 2.24) is 4.90 Å². The van der Waals surface area contributed by atoms with Crippen LogP contribution in [0, 0.1) is 11.3 Å². The first-order valence-electron chi connectivity index (χ1n) is 7.23. The van der Waals surface area contributed by atoms with Crippen molar-refractivity contribution < 1.29 is 9.59 Å². The number of carbonyl (C=O) groups excluding carboxylic acids is 2. The molecular weight excluding hydrogens is 266 g/mol. The Morgan fingerprint density at radius 2 is 1.90 bits per heavy atom. The summed E-state index contributed by atoms with van der Waals surface area (Å²) >= 11 is 0. The van der Waals surface area contributed by atoms with E-state index in [0.717, 1.165) is 19.3 Å². The lowest BCUT2D eigenvalue weighted by Gasteiger charge is -2.21. The number of nitriles is 1. The topological polar surface area (TPSA) is 73.2 Å². The minimum atomic E-state index is -0.692. The second kappa shape index (κ2) is 8.75. The van der Waals surface area contributed by atoms with Crippen LogP contribution < -0.4 is 5.32 Å². The van der Waals surface area contributed by atoms with E-state index in [4.69, 9.17) is 5.26 Å². The molecule has 0 radical (unpaired) electrons. The minimum absolute atomic E-state index is 0.342. The van der Waals surface area contributed by atoms with Gasteiger partial charge in [0.05, 0.1) is 11.3 Å². The van der Waals surface area contributed by atoms with E-state index >= 15 is 0 Å². The van der Waals surface area contributed by atoms with E-state index in [1.807, 2.05) is 19.9 Å². The molecule has 0 aromatic heterocycles. The summed E-state index contributed by atoms with van der Waals surface area (Å²) in [5, 5.41) is 11.5. The molecule has 2 amide bonds. The molecule has 5 heteroatoms. The standard InChI is InChI=1S/C16H21N3O2/c1-3-5-11-19(10-4-2)16(21)15(20)18-14-9-7-6-8-13(14)12-17/h6-9H,3-5,10-11H2,1-2H3,(H,18,20). The molecule has 0 unspecified atom stereocenters. The highest BCUT2D eigenvalue weighted by molar-refractivity contribution is 6.39. The maximum Gasteiger partial charge on any atom is 0.313 e. The van der Waals surface area contributed by atoms with Crippen molar-refractivity contribution >= 4 is 17.5 Å². The van der Waals surface area contributed by atoms with Crippen LogP contribution >= 0.6 is 0 Å². The van der Waals surface area contributed by atoms with Crippen molar-refractivity contribution in [2.45, 2.75) is 33.1 Å². The molecule has 1 aromatic rings. The molecule has 0 aliphatic carbocycles. The predicted octanol–water partition coefficient (Wildman–Crippen LogP) is 2.54. The first-order chi connectivity index (χ1) is 10.1. The van der Waals surface area contributed by atoms with Crippen molar-refractivity contribution in [2.24, 2.45) is 0 Å². The summed E-state index contributed by atoms with van der Waals surface area (Å²) in [6.07, 6.45) is 2.64. The third-order valence-electron chi connectivity index (χ3n) is 3.05. The van der Waals surface area contributed by atoms with Gasteiger partial charge in [0.2, 0.25) is 0 Å². The molecule has 0 heterocycles. The highest BCUT2D eigenvalue weighted by atomic mass is 16.2. The molecule has 0 fully saturated rings. The number of nitrogens with one attached hydrogen (secondary N) is 1. The van der Waals surface area contributed by atoms with Crippen LogP contribution in [0.1, 0.15) is 38.7 Å². The number of amides is 2. The third kappa shape index (κ3) is 4.92. The van der Waals surface area contributed by atoms with Crippen molar-refractivity contribution in [3.05, 3.63) is 29.8 Å². The molecule has 21 heavy (non-hydrogen) atoms. The van der Waals surface area contributed by atoms with Gasteiger partial charge in [0, 0.05) is 13.1 Å². The fourth-order valence-corrected chi connectivity index (χ4v) is 1.94. The summed E-state index contributed by atoms with van der Waals surface area (Å²) in [6.45, 7) is 5.15. The summed E-state index contributed by atoms with van der Waals surface area (Å²) in [5.41, 5.74) is 0.708. The first-order valence-corrected chi connectivity index (χ1v) is 7.23. The Morgan fingerprint density at radius 3 is 2.52 bits per heavy atom. The number of para-hydroxylation sites is 1. The van der Waals surface area contributed by atoms with Gasteiger partial charge < -0.3 is 10.2 Å². The Kier molecular flexibility index (Phi) is 6.96. The molecule has 5 nitrogen and oxygen atoms in total. The zero-order valence-corrected chi connectivity index (χ0v) is 12.6. The quantitative estimate of drug-likeness (QED) is 0.817. The summed E-state index contributed by atoms with van der Waals surface area (Å²) < 4.78 is 0. The smallest absolute Gasteiger partial charge is 0.313 e. The van der Waals surface area contributed by atoms with E-state index in [1.165, 1.54) is 0 Å². The van der Waals surface area contributed by atoms with Crippen LogP contribution in [0.4, 0.5) is 5.69 Å². The van der Waals surface area contributed by atoms with Crippen LogP contribution in [-0.4, -0.2) is 29.8 Å². The zero-order valence-electron chi connectivity index (χ0n) is 12.6. The number of hydrogen-bond acceptors (Lipinski definition) is 3. The van der Waals surface area contributed by atoms with Crippen molar-refractivity contribution in [2.75, 3.05) is 18.4 Å². The molecule has 1 rings (SSSR count). The lowest BCUT2D eigenvalue weighted by atomic mass is 10.2. The molecule has 112 valence electrons. The Morgan fingerprint density at radius 1 is 1.19 bits per heavy atom. The van der Waals surface area contributed by atoms with Crippen LogP contribution in [0.25, 0.3) is 0 Å². The third-order valence-corrected chi connectivity index (χ3v) is 3.05. The minimum Gasteiger partial charge on any atom is -0.334 e. The SMILES string of the molecule is CCCCN(CCC)C(=O)C(=O)Nc1ccccc1C#N. The van der Waals surface area contributed by atoms with Gasteiger partial charge in [-0.1, -0.05) is 32.4 Å². The normalized spacial score (nSPS) is 9.76. The van der Waals surface area contributed by atoms with E-state index in [2.05, 4.69) is 5.32 Å². The fourth-order valence-electron chi connectivity index (χ4n) is 1.94. The fraction of sp³-hybridized carbons (Fsp3) is 0.438. The van der Waals surface area contributed by atoms with Gasteiger partial charge in [0.1, 0.15) is 6.07 Å². The monoisotopic (exact) mass is 287 g/mol. The summed E-state index contributed by atoms with van der Waals surface area (Å²) in [7, 11) is 0. The largest absolute Gasteiger partial charge is 0.334 e. The van der Waals surface area contributed by atoms with Gasteiger partial charge >= 0.3 is 11.8 Å². The maximum atomic E-state index is 12.2. The molecule has 0 atom stereocenters. The Labute approximate surface area is 125 Å². The summed E-state index contributed by atoms with van der Waals surface area (Å²) in [6, 6.07) is 8.62. The van der Waals surface area contributed by atoms with Gasteiger partial charge in [0.25, 0.3) is 0 Å². The number of hydrogen-bond donors (Lipinski definition) is 1. The van der Waals surface area contributed by atoms with Crippen LogP contribution in [0.3, 0.4) is 0 Å². The lowest BCUT2D eigenvalue weighted by Crippen LogP contribution is -2.40. The van der Waals surface area contributed by atoms with Gasteiger partial charge in [-0.15, -0.1) is 0 Å². The molecule has 0 saturated heterocycles. The number of nitrogens with zero attached hydrogens (tertiary/aromatic N) is 2. The van der Waals surface area contributed by atoms with Crippen molar-refractivity contribution in [3.8, 4) is 6.07 Å².